The van der Waals surface area contributed by atoms with Crippen LogP contribution in [0.1, 0.15) is 5.56 Å². The van der Waals surface area contributed by atoms with E-state index in [4.69, 9.17) is 0 Å². The number of nitrogens with one attached hydrogen (secondary N) is 1. The van der Waals surface area contributed by atoms with Crippen LogP contribution in [-0.4, -0.2) is 45.5 Å². The fourth-order valence-corrected chi connectivity index (χ4v) is 3.90. The molecule has 0 atom stereocenters. The Balaban J connectivity index is 1.53. The van der Waals surface area contributed by atoms with Gasteiger partial charge < -0.3 is 10.2 Å². The smallest absolute Gasteiger partial charge is 0.234 e. The van der Waals surface area contributed by atoms with Gasteiger partial charge in [-0.3, -0.25) is 14.3 Å². The minimum absolute atomic E-state index is 0.100. The number of nitrogens with zero attached hydrogens (tertiary/aromatic N) is 5. The van der Waals surface area contributed by atoms with Crippen molar-refractivity contribution in [1.29, 1.82) is 0 Å². The summed E-state index contributed by atoms with van der Waals surface area (Å²) in [6.07, 6.45) is 3.46. The van der Waals surface area contributed by atoms with E-state index in [1.807, 2.05) is 91.1 Å². The minimum Gasteiger partial charge on any atom is -0.378 e. The second kappa shape index (κ2) is 9.65. The van der Waals surface area contributed by atoms with Crippen LogP contribution in [0.4, 0.5) is 11.4 Å². The SMILES string of the molecule is Cc1ccc(-n2c(SCC(=O)Nc3ccc(N(C)C)cc3)nnc2-c2ccncc2)cc1. The van der Waals surface area contributed by atoms with E-state index in [1.165, 1.54) is 17.3 Å². The largest absolute Gasteiger partial charge is 0.378 e. The van der Waals surface area contributed by atoms with E-state index in [0.29, 0.717) is 11.0 Å². The molecule has 0 radical (unpaired) electrons. The van der Waals surface area contributed by atoms with Crippen LogP contribution in [0.3, 0.4) is 0 Å². The summed E-state index contributed by atoms with van der Waals surface area (Å²) in [5, 5.41) is 12.4. The third-order valence-electron chi connectivity index (χ3n) is 4.86. The molecule has 0 aliphatic carbocycles. The molecule has 162 valence electrons. The molecule has 4 aromatic rings. The highest BCUT2D eigenvalue weighted by molar-refractivity contribution is 7.99. The molecule has 0 saturated heterocycles. The molecule has 0 fully saturated rings. The lowest BCUT2D eigenvalue weighted by atomic mass is 10.2. The lowest BCUT2D eigenvalue weighted by Gasteiger charge is -2.13. The lowest BCUT2D eigenvalue weighted by molar-refractivity contribution is -0.113. The minimum atomic E-state index is -0.100. The highest BCUT2D eigenvalue weighted by atomic mass is 32.2. The van der Waals surface area contributed by atoms with Crippen molar-refractivity contribution in [3.05, 3.63) is 78.6 Å². The van der Waals surface area contributed by atoms with Crippen LogP contribution >= 0.6 is 11.8 Å². The van der Waals surface area contributed by atoms with E-state index in [1.54, 1.807) is 12.4 Å². The quantitative estimate of drug-likeness (QED) is 0.425. The summed E-state index contributed by atoms with van der Waals surface area (Å²) in [7, 11) is 3.96. The predicted octanol–water partition coefficient (Wildman–Crippen LogP) is 4.43. The maximum atomic E-state index is 12.6. The van der Waals surface area contributed by atoms with Crippen LogP contribution in [0.15, 0.2) is 78.2 Å². The normalized spacial score (nSPS) is 10.7. The first-order chi connectivity index (χ1) is 15.5. The van der Waals surface area contributed by atoms with Gasteiger partial charge >= 0.3 is 0 Å². The lowest BCUT2D eigenvalue weighted by Crippen LogP contribution is -2.15. The van der Waals surface area contributed by atoms with Gasteiger partial charge in [-0.2, -0.15) is 0 Å². The van der Waals surface area contributed by atoms with E-state index in [-0.39, 0.29) is 11.7 Å². The summed E-state index contributed by atoms with van der Waals surface area (Å²) in [5.41, 5.74) is 4.85. The fraction of sp³-hybridized carbons (Fsp3) is 0.167. The first-order valence-corrected chi connectivity index (χ1v) is 11.1. The van der Waals surface area contributed by atoms with Gasteiger partial charge in [0.2, 0.25) is 5.91 Å². The van der Waals surface area contributed by atoms with Crippen LogP contribution in [0, 0.1) is 6.92 Å². The zero-order valence-electron chi connectivity index (χ0n) is 18.2. The maximum absolute atomic E-state index is 12.6. The number of amides is 1. The Morgan fingerprint density at radius 3 is 2.31 bits per heavy atom. The Labute approximate surface area is 191 Å². The molecule has 0 unspecified atom stereocenters. The number of carbonyl (C=O) groups is 1. The van der Waals surface area contributed by atoms with E-state index >= 15 is 0 Å². The molecule has 0 saturated carbocycles. The Kier molecular flexibility index (Phi) is 6.51. The second-order valence-electron chi connectivity index (χ2n) is 7.49. The van der Waals surface area contributed by atoms with Crippen molar-refractivity contribution in [2.75, 3.05) is 30.1 Å². The molecule has 0 spiro atoms. The number of pyridine rings is 1. The number of hydrogen-bond acceptors (Lipinski definition) is 6. The number of rotatable bonds is 7. The van der Waals surface area contributed by atoms with Crippen molar-refractivity contribution in [3.8, 4) is 17.1 Å². The number of anilines is 2. The summed E-state index contributed by atoms with van der Waals surface area (Å²) in [6.45, 7) is 2.05. The van der Waals surface area contributed by atoms with Crippen molar-refractivity contribution in [2.45, 2.75) is 12.1 Å². The molecule has 1 N–H and O–H groups in total. The number of benzene rings is 2. The first-order valence-electron chi connectivity index (χ1n) is 10.1. The third kappa shape index (κ3) is 4.97. The van der Waals surface area contributed by atoms with Crippen LogP contribution in [0.25, 0.3) is 17.1 Å². The molecule has 2 aromatic carbocycles. The zero-order valence-corrected chi connectivity index (χ0v) is 19.0. The maximum Gasteiger partial charge on any atom is 0.234 e. The number of hydrogen-bond donors (Lipinski definition) is 1. The third-order valence-corrected chi connectivity index (χ3v) is 5.79. The average Bonchev–Trinajstić information content (AvgIpc) is 3.23. The fourth-order valence-electron chi connectivity index (χ4n) is 3.15. The van der Waals surface area contributed by atoms with Crippen molar-refractivity contribution < 1.29 is 4.79 Å². The molecule has 2 aromatic heterocycles. The van der Waals surface area contributed by atoms with Crippen LogP contribution < -0.4 is 10.2 Å². The van der Waals surface area contributed by atoms with Crippen molar-refractivity contribution in [2.24, 2.45) is 0 Å². The van der Waals surface area contributed by atoms with Gasteiger partial charge in [-0.1, -0.05) is 29.5 Å². The summed E-state index contributed by atoms with van der Waals surface area (Å²) in [5.74, 6) is 0.824. The molecule has 0 aliphatic heterocycles. The van der Waals surface area contributed by atoms with Crippen molar-refractivity contribution >= 4 is 29.0 Å². The summed E-state index contributed by atoms with van der Waals surface area (Å²) < 4.78 is 1.97. The predicted molar refractivity (Wildman–Crippen MR) is 129 cm³/mol. The Hall–Kier alpha value is -3.65. The molecule has 4 rings (SSSR count). The number of carbonyl (C=O) groups excluding carboxylic acids is 1. The van der Waals surface area contributed by atoms with Gasteiger partial charge in [0.25, 0.3) is 0 Å². The highest BCUT2D eigenvalue weighted by Crippen LogP contribution is 2.28. The molecule has 1 amide bonds. The molecule has 0 aliphatic rings. The van der Waals surface area contributed by atoms with Gasteiger partial charge in [0.1, 0.15) is 0 Å². The molecule has 2 heterocycles. The molecule has 7 nitrogen and oxygen atoms in total. The van der Waals surface area contributed by atoms with Crippen molar-refractivity contribution in [1.82, 2.24) is 19.7 Å². The Bertz CT molecular complexity index is 1190. The van der Waals surface area contributed by atoms with Gasteiger partial charge in [-0.05, 0) is 55.5 Å². The molecular formula is C24H24N6OS. The van der Waals surface area contributed by atoms with Gasteiger partial charge in [0, 0.05) is 49.1 Å². The number of aryl methyl sites for hydroxylation is 1. The van der Waals surface area contributed by atoms with Crippen LogP contribution in [0.5, 0.6) is 0 Å². The van der Waals surface area contributed by atoms with E-state index in [2.05, 4.69) is 20.5 Å². The summed E-state index contributed by atoms with van der Waals surface area (Å²) in [4.78, 5) is 18.7. The van der Waals surface area contributed by atoms with Gasteiger partial charge in [0.05, 0.1) is 5.75 Å². The Morgan fingerprint density at radius 2 is 1.66 bits per heavy atom. The molecule has 8 heteroatoms. The molecule has 0 bridgehead atoms. The standard InChI is InChI=1S/C24H24N6OS/c1-17-4-8-21(9-5-17)30-23(18-12-14-25-15-13-18)27-28-24(30)32-16-22(31)26-19-6-10-20(11-7-19)29(2)3/h4-15H,16H2,1-3H3,(H,26,31). The van der Waals surface area contributed by atoms with Crippen LogP contribution in [-0.2, 0) is 4.79 Å². The van der Waals surface area contributed by atoms with Gasteiger partial charge in [-0.15, -0.1) is 10.2 Å². The highest BCUT2D eigenvalue weighted by Gasteiger charge is 2.17. The van der Waals surface area contributed by atoms with E-state index < -0.39 is 0 Å². The first kappa shape index (κ1) is 21.6. The summed E-state index contributed by atoms with van der Waals surface area (Å²) >= 11 is 1.35. The Morgan fingerprint density at radius 1 is 0.969 bits per heavy atom. The van der Waals surface area contributed by atoms with E-state index in [9.17, 15) is 4.79 Å². The monoisotopic (exact) mass is 444 g/mol. The number of aromatic nitrogens is 4. The second-order valence-corrected chi connectivity index (χ2v) is 8.43. The molecule has 32 heavy (non-hydrogen) atoms. The summed E-state index contributed by atoms with van der Waals surface area (Å²) in [6, 6.07) is 19.7. The van der Waals surface area contributed by atoms with E-state index in [0.717, 1.165) is 22.6 Å². The van der Waals surface area contributed by atoms with Gasteiger partial charge in [-0.25, -0.2) is 0 Å². The van der Waals surface area contributed by atoms with Crippen LogP contribution in [0.2, 0.25) is 0 Å². The zero-order chi connectivity index (χ0) is 22.5. The van der Waals surface area contributed by atoms with Gasteiger partial charge in [0.15, 0.2) is 11.0 Å². The van der Waals surface area contributed by atoms with Crippen molar-refractivity contribution in [3.63, 3.8) is 0 Å². The number of thioether (sulfide) groups is 1. The topological polar surface area (TPSA) is 75.9 Å². The average molecular weight is 445 g/mol. The molecular weight excluding hydrogens is 420 g/mol.